The van der Waals surface area contributed by atoms with Gasteiger partial charge in [0.1, 0.15) is 0 Å². The molecule has 0 aromatic rings. The van der Waals surface area contributed by atoms with E-state index in [2.05, 4.69) is 0 Å². The molecular weight excluding hydrogens is 1380 g/mol. The third-order valence-electron chi connectivity index (χ3n) is 8.71. The van der Waals surface area contributed by atoms with Gasteiger partial charge in [-0.1, -0.05) is 0 Å². The highest BCUT2D eigenvalue weighted by Gasteiger charge is 2.91. The van der Waals surface area contributed by atoms with Crippen LogP contribution in [0.25, 0.3) is 0 Å². The number of rotatable bonds is 16. The third-order valence-corrected chi connectivity index (χ3v) is 78.4. The maximum atomic E-state index is 7.05. The molecule has 12 rings (SSSR count). The van der Waals surface area contributed by atoms with Gasteiger partial charge in [-0.15, -0.1) is 0 Å². The second kappa shape index (κ2) is 23.5. The highest BCUT2D eigenvalue weighted by atomic mass is 28.7. The molecule has 56 heteroatoms. The van der Waals surface area contributed by atoms with E-state index in [4.69, 9.17) is 132 Å². The van der Waals surface area contributed by atoms with Crippen LogP contribution in [0.3, 0.4) is 0 Å². The maximum Gasteiger partial charge on any atom is 0.651 e. The quantitative estimate of drug-likeness (QED) is 0.130. The van der Waals surface area contributed by atoms with E-state index in [1.807, 2.05) is 105 Å². The molecule has 32 nitrogen and oxygen atoms in total. The summed E-state index contributed by atoms with van der Waals surface area (Å²) in [5, 5.41) is 0. The minimum Gasteiger partial charge on any atom is -0.398 e. The van der Waals surface area contributed by atoms with Crippen LogP contribution in [0.4, 0.5) is 0 Å². The van der Waals surface area contributed by atoms with Crippen molar-refractivity contribution in [3.8, 4) is 0 Å². The standard InChI is InChI=1S/C16H56O20Si16.H8O12Si8/c1-37(2)17-45-25-46(18-38(3)4)28-49(21-41(9)10)30-47(26-45,19-39(5)6)32-51(23-43(13)14)33-48(27-45,20-40(7)8)31-50(29-46,22-42(11)12)35-52(34-49,36-51)24-44(15)16;1-13-2-15-6-17-4-14(1)5-18-7-16(3-13)9-19(8-15)12-20(10-17)11-18/h37-44H,1-16H3;13-20H. The first-order chi connectivity index (χ1) is 33.6. The van der Waals surface area contributed by atoms with Gasteiger partial charge in [0.15, 0.2) is 72.3 Å². The van der Waals surface area contributed by atoms with Crippen LogP contribution in [0.1, 0.15) is 0 Å². The Balaban J connectivity index is 0.000000261. The second-order valence-corrected chi connectivity index (χ2v) is 78.3. The molecule has 0 aromatic carbocycles. The first kappa shape index (κ1) is 60.5. The van der Waals surface area contributed by atoms with E-state index in [0.717, 1.165) is 0 Å². The van der Waals surface area contributed by atoms with Crippen molar-refractivity contribution in [3.63, 3.8) is 0 Å². The van der Waals surface area contributed by atoms with Crippen molar-refractivity contribution in [1.29, 1.82) is 0 Å². The third kappa shape index (κ3) is 14.6. The van der Waals surface area contributed by atoms with Crippen molar-refractivity contribution in [1.82, 2.24) is 0 Å². The monoisotopic (exact) mass is 1440 g/mol. The smallest absolute Gasteiger partial charge is 0.398 e. The Hall–Kier alpha value is 3.93. The summed E-state index contributed by atoms with van der Waals surface area (Å²) in [6.45, 7) is 30.8. The van der Waals surface area contributed by atoms with Gasteiger partial charge in [-0.2, -0.15) is 0 Å². The molecule has 12 heterocycles. The van der Waals surface area contributed by atoms with Crippen LogP contribution in [-0.2, 0) is 132 Å². The van der Waals surface area contributed by atoms with E-state index in [-0.39, 0.29) is 0 Å². The molecule has 0 unspecified atom stereocenters. The molecule has 0 amide bonds. The van der Waals surface area contributed by atoms with Crippen LogP contribution in [0.2, 0.25) is 105 Å². The maximum absolute atomic E-state index is 7.05. The zero-order valence-corrected chi connectivity index (χ0v) is 68.8. The van der Waals surface area contributed by atoms with Crippen molar-refractivity contribution in [2.24, 2.45) is 0 Å². The summed E-state index contributed by atoms with van der Waals surface area (Å²) in [7, 11) is -75.5. The molecule has 416 valence electrons. The lowest BCUT2D eigenvalue weighted by atomic mass is 11.9. The largest absolute Gasteiger partial charge is 0.651 e. The molecule has 12 saturated heterocycles. The molecule has 72 heavy (non-hydrogen) atoms. The van der Waals surface area contributed by atoms with Crippen molar-refractivity contribution in [3.05, 3.63) is 0 Å². The van der Waals surface area contributed by atoms with Crippen LogP contribution >= 0.6 is 0 Å². The summed E-state index contributed by atoms with van der Waals surface area (Å²) in [4.78, 5) is 0. The normalized spacial score (nSPS) is 46.3. The molecule has 0 aliphatic carbocycles. The molecule has 0 atom stereocenters. The molecule has 0 spiro atoms. The van der Waals surface area contributed by atoms with Gasteiger partial charge in [-0.3, -0.25) is 0 Å². The number of hydrogen-bond donors (Lipinski definition) is 0. The Labute approximate surface area is 453 Å². The lowest BCUT2D eigenvalue weighted by Crippen LogP contribution is -2.92. The molecule has 0 aromatic heterocycles. The lowest BCUT2D eigenvalue weighted by Gasteiger charge is -2.59. The Kier molecular flexibility index (Phi) is 19.8. The minimum atomic E-state index is -4.76. The molecule has 12 fully saturated rings. The van der Waals surface area contributed by atoms with E-state index >= 15 is 0 Å². The summed E-state index contributed by atoms with van der Waals surface area (Å²) in [6.07, 6.45) is 0. The van der Waals surface area contributed by atoms with Crippen molar-refractivity contribution < 1.29 is 132 Å². The molecule has 0 saturated carbocycles. The second-order valence-electron chi connectivity index (χ2n) is 18.5. The van der Waals surface area contributed by atoms with E-state index in [0.29, 0.717) is 0 Å². The summed E-state index contributed by atoms with van der Waals surface area (Å²) in [5.74, 6) is 0. The van der Waals surface area contributed by atoms with Gasteiger partial charge >= 0.3 is 149 Å². The van der Waals surface area contributed by atoms with E-state index in [9.17, 15) is 0 Å². The van der Waals surface area contributed by atoms with Gasteiger partial charge in [-0.25, -0.2) is 0 Å². The molecule has 0 radical (unpaired) electrons. The highest BCUT2D eigenvalue weighted by molar-refractivity contribution is 7.02. The van der Waals surface area contributed by atoms with Gasteiger partial charge < -0.3 is 132 Å². The summed E-state index contributed by atoms with van der Waals surface area (Å²) < 4.78 is 207. The molecule has 12 aliphatic rings. The molecule has 0 N–H and O–H groups in total. The Morgan fingerprint density at radius 3 is 0.333 bits per heavy atom. The van der Waals surface area contributed by atoms with Crippen LogP contribution in [0.15, 0.2) is 0 Å². The first-order valence-electron chi connectivity index (χ1n) is 23.3. The van der Waals surface area contributed by atoms with Gasteiger partial charge in [0.2, 0.25) is 0 Å². The predicted octanol–water partition coefficient (Wildman–Crippen LogP) is -6.27. The Morgan fingerprint density at radius 1 is 0.181 bits per heavy atom. The van der Waals surface area contributed by atoms with E-state index in [1.165, 1.54) is 0 Å². The number of hydrogen-bond acceptors (Lipinski definition) is 32. The molecule has 16 bridgehead atoms. The fourth-order valence-electron chi connectivity index (χ4n) is 7.08. The van der Waals surface area contributed by atoms with Gasteiger partial charge in [0, 0.05) is 0 Å². The molecular formula is C16H64O32Si24. The van der Waals surface area contributed by atoms with Crippen LogP contribution < -0.4 is 0 Å². The summed E-state index contributed by atoms with van der Waals surface area (Å²) in [6, 6.07) is 0. The summed E-state index contributed by atoms with van der Waals surface area (Å²) in [5.41, 5.74) is 0. The fraction of sp³-hybridized carbons (Fsp3) is 1.00. The minimum absolute atomic E-state index is 1.93. The van der Waals surface area contributed by atoms with Gasteiger partial charge in [0.25, 0.3) is 0 Å². The van der Waals surface area contributed by atoms with Crippen LogP contribution in [-0.4, -0.2) is 221 Å². The summed E-state index contributed by atoms with van der Waals surface area (Å²) >= 11 is 0. The van der Waals surface area contributed by atoms with Crippen molar-refractivity contribution in [2.75, 3.05) is 0 Å². The topological polar surface area (TPSA) is 295 Å². The Bertz CT molecular complexity index is 1370. The fourth-order valence-corrected chi connectivity index (χ4v) is 97.0. The highest BCUT2D eigenvalue weighted by Crippen LogP contribution is 2.51. The Morgan fingerprint density at radius 2 is 0.264 bits per heavy atom. The van der Waals surface area contributed by atoms with E-state index < -0.39 is 221 Å². The van der Waals surface area contributed by atoms with Crippen LogP contribution in [0, 0.1) is 0 Å². The first-order valence-corrected chi connectivity index (χ1v) is 69.9. The molecule has 12 aliphatic heterocycles. The predicted molar refractivity (Wildman–Crippen MR) is 289 cm³/mol. The lowest BCUT2D eigenvalue weighted by molar-refractivity contribution is -0.127. The van der Waals surface area contributed by atoms with Gasteiger partial charge in [-0.05, 0) is 105 Å². The van der Waals surface area contributed by atoms with Gasteiger partial charge in [0.05, 0.1) is 0 Å². The zero-order chi connectivity index (χ0) is 51.9. The average molecular weight is 1440 g/mol. The van der Waals surface area contributed by atoms with Crippen LogP contribution in [0.5, 0.6) is 0 Å². The van der Waals surface area contributed by atoms with Crippen molar-refractivity contribution in [2.45, 2.75) is 105 Å². The van der Waals surface area contributed by atoms with E-state index in [1.54, 1.807) is 0 Å². The average Bonchev–Trinajstić information content (AvgIpc) is 3.06. The zero-order valence-electron chi connectivity index (χ0n) is 42.3. The SMILES string of the molecule is C[SiH](C)O[Si]12O[Si]3(O[SiH](C)C)O[Si]4(O[SiH](C)C)O[Si](O[SiH](C)C)(O1)O[Si]1(O[SiH](C)C)O[Si](O[SiH](C)C)(O2)O[Si](O[SiH](C)C)(O3)O[Si](O[SiH](C)C)(O4)O1.O1[SiH]2O[SiH]3O[SiH]4O[SiH]1O[SiH]1O[SiH](O2)O[SiH](O3)O[SiH](O4)O1. The van der Waals surface area contributed by atoms with Crippen molar-refractivity contribution >= 4 is 221 Å².